The molecule has 0 fully saturated rings. The fraction of sp³-hybridized carbons (Fsp3) is 0.423. The number of rotatable bonds is 7. The average molecular weight is 409 g/mol. The van der Waals surface area contributed by atoms with Gasteiger partial charge < -0.3 is 14.3 Å². The van der Waals surface area contributed by atoms with Crippen LogP contribution < -0.4 is 10.4 Å². The van der Waals surface area contributed by atoms with Gasteiger partial charge in [0.2, 0.25) is 0 Å². The summed E-state index contributed by atoms with van der Waals surface area (Å²) in [5.74, 6) is 0.677. The zero-order valence-electron chi connectivity index (χ0n) is 18.8. The predicted octanol–water partition coefficient (Wildman–Crippen LogP) is 5.90. The number of hydrogen-bond donors (Lipinski definition) is 1. The van der Waals surface area contributed by atoms with Gasteiger partial charge in [0.05, 0.1) is 11.2 Å². The Bertz CT molecular complexity index is 1080. The van der Waals surface area contributed by atoms with Crippen molar-refractivity contribution in [3.05, 3.63) is 64.0 Å². The zero-order valence-corrected chi connectivity index (χ0v) is 18.8. The smallest absolute Gasteiger partial charge is 0.344 e. The molecule has 1 aromatic heterocycles. The van der Waals surface area contributed by atoms with E-state index in [-0.39, 0.29) is 5.63 Å². The van der Waals surface area contributed by atoms with Crippen LogP contribution in [-0.4, -0.2) is 16.3 Å². The van der Waals surface area contributed by atoms with Gasteiger partial charge in [-0.1, -0.05) is 32.0 Å². The maximum absolute atomic E-state index is 12.8. The van der Waals surface area contributed by atoms with Crippen LogP contribution in [0, 0.1) is 0 Å². The molecule has 0 bridgehead atoms. The fourth-order valence-electron chi connectivity index (χ4n) is 4.32. The van der Waals surface area contributed by atoms with Crippen molar-refractivity contribution in [2.45, 2.75) is 72.0 Å². The monoisotopic (exact) mass is 408 g/mol. The van der Waals surface area contributed by atoms with E-state index in [4.69, 9.17) is 9.15 Å². The first-order valence-electron chi connectivity index (χ1n) is 10.6. The van der Waals surface area contributed by atoms with Gasteiger partial charge in [-0.15, -0.1) is 0 Å². The summed E-state index contributed by atoms with van der Waals surface area (Å²) in [7, 11) is 0. The maximum Gasteiger partial charge on any atom is 0.344 e. The van der Waals surface area contributed by atoms with E-state index in [0.717, 1.165) is 34.9 Å². The molecule has 0 aliphatic carbocycles. The van der Waals surface area contributed by atoms with Crippen molar-refractivity contribution < 1.29 is 14.3 Å². The largest absolute Gasteiger partial charge is 0.488 e. The Hall–Kier alpha value is -2.59. The lowest BCUT2D eigenvalue weighted by Crippen LogP contribution is -2.37. The Morgan fingerprint density at radius 1 is 0.967 bits per heavy atom. The first-order chi connectivity index (χ1) is 14.0. The molecule has 4 heteroatoms. The molecular weight excluding hydrogens is 376 g/mol. The quantitative estimate of drug-likeness (QED) is 0.494. The first-order valence-corrected chi connectivity index (χ1v) is 10.6. The molecule has 1 heterocycles. The van der Waals surface area contributed by atoms with Crippen LogP contribution in [0.5, 0.6) is 5.75 Å². The second-order valence-corrected chi connectivity index (χ2v) is 9.16. The van der Waals surface area contributed by atoms with Gasteiger partial charge >= 0.3 is 5.63 Å². The number of aryl methyl sites for hydroxylation is 2. The van der Waals surface area contributed by atoms with Crippen molar-refractivity contribution in [1.82, 2.24) is 0 Å². The molecule has 3 rings (SSSR count). The number of aliphatic hydroxyl groups is 1. The van der Waals surface area contributed by atoms with E-state index < -0.39 is 11.2 Å². The van der Waals surface area contributed by atoms with Crippen LogP contribution in [0.25, 0.3) is 22.1 Å². The van der Waals surface area contributed by atoms with Crippen molar-refractivity contribution in [2.24, 2.45) is 0 Å². The predicted molar refractivity (Wildman–Crippen MR) is 122 cm³/mol. The van der Waals surface area contributed by atoms with E-state index >= 15 is 0 Å². The lowest BCUT2D eigenvalue weighted by molar-refractivity contribution is -0.0105. The average Bonchev–Trinajstić information content (AvgIpc) is 2.64. The molecule has 3 aromatic rings. The summed E-state index contributed by atoms with van der Waals surface area (Å²) >= 11 is 0. The van der Waals surface area contributed by atoms with Crippen molar-refractivity contribution in [3.8, 4) is 16.9 Å². The van der Waals surface area contributed by atoms with E-state index in [1.54, 1.807) is 26.0 Å². The summed E-state index contributed by atoms with van der Waals surface area (Å²) < 4.78 is 11.8. The molecule has 0 amide bonds. The second kappa shape index (κ2) is 8.27. The third-order valence-electron chi connectivity index (χ3n) is 5.22. The van der Waals surface area contributed by atoms with Gasteiger partial charge in [0.1, 0.15) is 16.9 Å². The molecule has 0 unspecified atom stereocenters. The lowest BCUT2D eigenvalue weighted by atomic mass is 9.92. The fourth-order valence-corrected chi connectivity index (χ4v) is 4.32. The van der Waals surface area contributed by atoms with Crippen LogP contribution in [0.3, 0.4) is 0 Å². The molecule has 4 nitrogen and oxygen atoms in total. The topological polar surface area (TPSA) is 59.7 Å². The van der Waals surface area contributed by atoms with Crippen molar-refractivity contribution in [1.29, 1.82) is 0 Å². The molecule has 1 N–H and O–H groups in total. The van der Waals surface area contributed by atoms with E-state index in [9.17, 15) is 9.90 Å². The minimum Gasteiger partial charge on any atom is -0.488 e. The Balaban J connectivity index is 2.08. The Morgan fingerprint density at radius 3 is 2.17 bits per heavy atom. The molecule has 0 spiro atoms. The lowest BCUT2D eigenvalue weighted by Gasteiger charge is -2.32. The Labute approximate surface area is 178 Å². The van der Waals surface area contributed by atoms with Gasteiger partial charge in [-0.25, -0.2) is 4.79 Å². The standard InChI is InChI=1S/C26H32O4/c1-7-17-10-9-11-18(8-2)23(17)21-15-19-14-20(12-13-22(19)29-24(21)27)30-26(5,6)16-25(3,4)28/h9-15,28H,7-8,16H2,1-6H3. The van der Waals surface area contributed by atoms with Crippen molar-refractivity contribution in [2.75, 3.05) is 0 Å². The third kappa shape index (κ3) is 4.93. The van der Waals surface area contributed by atoms with E-state index in [1.807, 2.05) is 32.0 Å². The molecule has 0 aliphatic rings. The minimum absolute atomic E-state index is 0.325. The van der Waals surface area contributed by atoms with Crippen LogP contribution >= 0.6 is 0 Å². The highest BCUT2D eigenvalue weighted by atomic mass is 16.5. The molecule has 0 saturated carbocycles. The van der Waals surface area contributed by atoms with E-state index in [0.29, 0.717) is 23.3 Å². The van der Waals surface area contributed by atoms with Gasteiger partial charge in [-0.2, -0.15) is 0 Å². The summed E-state index contributed by atoms with van der Waals surface area (Å²) in [4.78, 5) is 12.8. The molecule has 160 valence electrons. The van der Waals surface area contributed by atoms with Crippen molar-refractivity contribution in [3.63, 3.8) is 0 Å². The van der Waals surface area contributed by atoms with Gasteiger partial charge in [-0.3, -0.25) is 0 Å². The third-order valence-corrected chi connectivity index (χ3v) is 5.22. The van der Waals surface area contributed by atoms with Gasteiger partial charge in [0, 0.05) is 11.8 Å². The van der Waals surface area contributed by atoms with Gasteiger partial charge in [-0.05, 0) is 81.5 Å². The molecular formula is C26H32O4. The van der Waals surface area contributed by atoms with Crippen LogP contribution in [0.4, 0.5) is 0 Å². The highest BCUT2D eigenvalue weighted by Crippen LogP contribution is 2.32. The van der Waals surface area contributed by atoms with Crippen LogP contribution in [0.1, 0.15) is 59.1 Å². The minimum atomic E-state index is -0.833. The Kier molecular flexibility index (Phi) is 6.09. The second-order valence-electron chi connectivity index (χ2n) is 9.16. The van der Waals surface area contributed by atoms with Crippen LogP contribution in [0.15, 0.2) is 51.7 Å². The van der Waals surface area contributed by atoms with Crippen LogP contribution in [-0.2, 0) is 12.8 Å². The first kappa shape index (κ1) is 22.1. The van der Waals surface area contributed by atoms with Crippen molar-refractivity contribution >= 4 is 11.0 Å². The zero-order chi connectivity index (χ0) is 22.1. The van der Waals surface area contributed by atoms with Gasteiger partial charge in [0.25, 0.3) is 0 Å². The molecule has 0 aliphatic heterocycles. The summed E-state index contributed by atoms with van der Waals surface area (Å²) in [6.45, 7) is 11.6. The van der Waals surface area contributed by atoms with Gasteiger partial charge in [0.15, 0.2) is 0 Å². The molecule has 0 radical (unpaired) electrons. The number of hydrogen-bond acceptors (Lipinski definition) is 4. The highest BCUT2D eigenvalue weighted by molar-refractivity contribution is 5.84. The summed E-state index contributed by atoms with van der Waals surface area (Å²) in [6, 6.07) is 13.5. The number of benzene rings is 2. The number of ether oxygens (including phenoxy) is 1. The highest BCUT2D eigenvalue weighted by Gasteiger charge is 2.29. The summed E-state index contributed by atoms with van der Waals surface area (Å²) in [5, 5.41) is 11.0. The summed E-state index contributed by atoms with van der Waals surface area (Å²) in [6.07, 6.45) is 2.17. The summed E-state index contributed by atoms with van der Waals surface area (Å²) in [5.41, 5.74) is 2.67. The van der Waals surface area contributed by atoms with E-state index in [1.165, 1.54) is 0 Å². The SMILES string of the molecule is CCc1cccc(CC)c1-c1cc2cc(OC(C)(C)CC(C)(C)O)ccc2oc1=O. The molecule has 30 heavy (non-hydrogen) atoms. The molecule has 2 aromatic carbocycles. The molecule has 0 saturated heterocycles. The van der Waals surface area contributed by atoms with E-state index in [2.05, 4.69) is 26.0 Å². The normalized spacial score (nSPS) is 12.4. The maximum atomic E-state index is 12.8. The van der Waals surface area contributed by atoms with Crippen LogP contribution in [0.2, 0.25) is 0 Å². The number of fused-ring (bicyclic) bond motifs is 1. The molecule has 0 atom stereocenters. The Morgan fingerprint density at radius 2 is 1.60 bits per heavy atom.